The average molecular weight is 181 g/mol. The van der Waals surface area contributed by atoms with Gasteiger partial charge in [-0.15, -0.1) is 0 Å². The molecular formula is C9H15N3O. The molecule has 0 bridgehead atoms. The maximum atomic E-state index is 11.4. The van der Waals surface area contributed by atoms with Crippen molar-refractivity contribution in [1.29, 1.82) is 5.26 Å². The summed E-state index contributed by atoms with van der Waals surface area (Å²) in [4.78, 5) is 15.0. The normalized spacial score (nSPS) is 19.2. The summed E-state index contributed by atoms with van der Waals surface area (Å²) in [5.41, 5.74) is -0.542. The van der Waals surface area contributed by atoms with Gasteiger partial charge in [-0.25, -0.2) is 0 Å². The first-order valence-corrected chi connectivity index (χ1v) is 4.45. The Morgan fingerprint density at radius 3 is 2.62 bits per heavy atom. The van der Waals surface area contributed by atoms with Crippen molar-refractivity contribution in [3.05, 3.63) is 0 Å². The topological polar surface area (TPSA) is 47.3 Å². The quantitative estimate of drug-likeness (QED) is 0.620. The van der Waals surface area contributed by atoms with Crippen molar-refractivity contribution in [3.8, 4) is 6.07 Å². The van der Waals surface area contributed by atoms with Gasteiger partial charge in [0.25, 0.3) is 0 Å². The van der Waals surface area contributed by atoms with Gasteiger partial charge in [0.15, 0.2) is 0 Å². The average Bonchev–Trinajstić information content (AvgIpc) is 2.47. The van der Waals surface area contributed by atoms with E-state index in [0.717, 1.165) is 6.54 Å². The lowest BCUT2D eigenvalue weighted by Gasteiger charge is -2.27. The summed E-state index contributed by atoms with van der Waals surface area (Å²) in [7, 11) is 0. The van der Waals surface area contributed by atoms with Crippen LogP contribution in [0.1, 0.15) is 20.8 Å². The van der Waals surface area contributed by atoms with Gasteiger partial charge in [0.2, 0.25) is 5.91 Å². The molecule has 1 rings (SSSR count). The van der Waals surface area contributed by atoms with E-state index in [-0.39, 0.29) is 5.91 Å². The second-order valence-electron chi connectivity index (χ2n) is 3.76. The maximum Gasteiger partial charge on any atom is 0.237 e. The number of carbonyl (C=O) groups is 1. The number of nitrogens with zero attached hydrogens (tertiary/aromatic N) is 3. The molecule has 0 atom stereocenters. The smallest absolute Gasteiger partial charge is 0.237 e. The third-order valence-electron chi connectivity index (χ3n) is 2.47. The molecule has 0 radical (unpaired) electrons. The predicted octanol–water partition coefficient (Wildman–Crippen LogP) is 0.410. The van der Waals surface area contributed by atoms with Crippen molar-refractivity contribution in [1.82, 2.24) is 9.80 Å². The van der Waals surface area contributed by atoms with E-state index in [1.54, 1.807) is 4.90 Å². The van der Waals surface area contributed by atoms with E-state index in [2.05, 4.69) is 6.07 Å². The summed E-state index contributed by atoms with van der Waals surface area (Å²) < 4.78 is 0. The molecule has 0 aromatic rings. The number of amides is 1. The minimum atomic E-state index is -0.542. The first-order valence-electron chi connectivity index (χ1n) is 4.45. The van der Waals surface area contributed by atoms with E-state index >= 15 is 0 Å². The highest BCUT2D eigenvalue weighted by Gasteiger charge is 2.36. The zero-order valence-electron chi connectivity index (χ0n) is 8.37. The van der Waals surface area contributed by atoms with E-state index < -0.39 is 5.54 Å². The van der Waals surface area contributed by atoms with Crippen molar-refractivity contribution in [2.24, 2.45) is 0 Å². The molecule has 0 N–H and O–H groups in total. The highest BCUT2D eigenvalue weighted by Crippen LogP contribution is 2.18. The van der Waals surface area contributed by atoms with E-state index in [1.165, 1.54) is 0 Å². The van der Waals surface area contributed by atoms with E-state index in [4.69, 9.17) is 5.26 Å². The molecule has 0 aliphatic carbocycles. The molecule has 0 saturated carbocycles. The van der Waals surface area contributed by atoms with Crippen LogP contribution in [0.15, 0.2) is 0 Å². The zero-order valence-corrected chi connectivity index (χ0v) is 8.37. The molecule has 1 heterocycles. The second kappa shape index (κ2) is 3.35. The fourth-order valence-electron chi connectivity index (χ4n) is 1.32. The van der Waals surface area contributed by atoms with Crippen LogP contribution in [0.25, 0.3) is 0 Å². The highest BCUT2D eigenvalue weighted by atomic mass is 16.2. The molecule has 13 heavy (non-hydrogen) atoms. The lowest BCUT2D eigenvalue weighted by atomic mass is 10.1. The minimum absolute atomic E-state index is 0.117. The third kappa shape index (κ3) is 1.81. The Bertz CT molecular complexity index is 254. The standard InChI is InChI=1S/C9H15N3O/c1-4-11-7-12(5-8(11)13)9(2,3)6-10/h4-5,7H2,1-3H3. The van der Waals surface area contributed by atoms with Crippen LogP contribution in [0.3, 0.4) is 0 Å². The van der Waals surface area contributed by atoms with Gasteiger partial charge >= 0.3 is 0 Å². The molecule has 1 aliphatic heterocycles. The largest absolute Gasteiger partial charge is 0.329 e. The summed E-state index contributed by atoms with van der Waals surface area (Å²) >= 11 is 0. The van der Waals surface area contributed by atoms with Crippen molar-refractivity contribution >= 4 is 5.91 Å². The van der Waals surface area contributed by atoms with Crippen LogP contribution < -0.4 is 0 Å². The molecule has 0 spiro atoms. The lowest BCUT2D eigenvalue weighted by Crippen LogP contribution is -2.42. The van der Waals surface area contributed by atoms with Crippen molar-refractivity contribution in [3.63, 3.8) is 0 Å². The molecule has 0 unspecified atom stereocenters. The molecule has 4 heteroatoms. The monoisotopic (exact) mass is 181 g/mol. The third-order valence-corrected chi connectivity index (χ3v) is 2.47. The van der Waals surface area contributed by atoms with Crippen LogP contribution in [-0.4, -0.2) is 41.0 Å². The maximum absolute atomic E-state index is 11.4. The van der Waals surface area contributed by atoms with Crippen LogP contribution in [0.2, 0.25) is 0 Å². The van der Waals surface area contributed by atoms with Gasteiger partial charge in [-0.05, 0) is 20.8 Å². The fraction of sp³-hybridized carbons (Fsp3) is 0.778. The van der Waals surface area contributed by atoms with Crippen LogP contribution in [0.5, 0.6) is 0 Å². The number of rotatable bonds is 2. The number of hydrogen-bond acceptors (Lipinski definition) is 3. The molecule has 1 aliphatic rings. The number of carbonyl (C=O) groups excluding carboxylic acids is 1. The molecular weight excluding hydrogens is 166 g/mol. The van der Waals surface area contributed by atoms with Crippen LogP contribution in [-0.2, 0) is 4.79 Å². The molecule has 1 amide bonds. The van der Waals surface area contributed by atoms with Crippen molar-refractivity contribution < 1.29 is 4.79 Å². The minimum Gasteiger partial charge on any atom is -0.329 e. The molecule has 1 saturated heterocycles. The lowest BCUT2D eigenvalue weighted by molar-refractivity contribution is -0.126. The number of nitriles is 1. The molecule has 72 valence electrons. The van der Waals surface area contributed by atoms with Gasteiger partial charge in [-0.3, -0.25) is 9.69 Å². The first kappa shape index (κ1) is 10.0. The Morgan fingerprint density at radius 2 is 2.23 bits per heavy atom. The second-order valence-corrected chi connectivity index (χ2v) is 3.76. The van der Waals surface area contributed by atoms with Gasteiger partial charge in [0.05, 0.1) is 19.3 Å². The van der Waals surface area contributed by atoms with E-state index in [1.807, 2.05) is 25.7 Å². The van der Waals surface area contributed by atoms with Crippen molar-refractivity contribution in [2.75, 3.05) is 19.8 Å². The van der Waals surface area contributed by atoms with E-state index in [9.17, 15) is 4.79 Å². The van der Waals surface area contributed by atoms with Gasteiger partial charge < -0.3 is 4.90 Å². The molecule has 0 aromatic carbocycles. The SMILES string of the molecule is CCN1CN(C(C)(C)C#N)CC1=O. The summed E-state index contributed by atoms with van der Waals surface area (Å²) in [6, 6.07) is 2.20. The fourth-order valence-corrected chi connectivity index (χ4v) is 1.32. The Kier molecular flexibility index (Phi) is 2.58. The van der Waals surface area contributed by atoms with E-state index in [0.29, 0.717) is 13.2 Å². The van der Waals surface area contributed by atoms with Gasteiger partial charge in [0, 0.05) is 6.54 Å². The molecule has 1 fully saturated rings. The number of hydrogen-bond donors (Lipinski definition) is 0. The van der Waals surface area contributed by atoms with Crippen LogP contribution >= 0.6 is 0 Å². The van der Waals surface area contributed by atoms with Gasteiger partial charge in [0.1, 0.15) is 5.54 Å². The highest BCUT2D eigenvalue weighted by molar-refractivity contribution is 5.80. The summed E-state index contributed by atoms with van der Waals surface area (Å²) in [6.45, 7) is 7.28. The Labute approximate surface area is 78.7 Å². The van der Waals surface area contributed by atoms with Gasteiger partial charge in [-0.2, -0.15) is 5.26 Å². The molecule has 4 nitrogen and oxygen atoms in total. The van der Waals surface area contributed by atoms with Gasteiger partial charge in [-0.1, -0.05) is 0 Å². The summed E-state index contributed by atoms with van der Waals surface area (Å²) in [6.07, 6.45) is 0. The zero-order chi connectivity index (χ0) is 10.1. The Balaban J connectivity index is 2.69. The van der Waals surface area contributed by atoms with Crippen molar-refractivity contribution in [2.45, 2.75) is 26.3 Å². The van der Waals surface area contributed by atoms with Crippen LogP contribution in [0.4, 0.5) is 0 Å². The summed E-state index contributed by atoms with van der Waals surface area (Å²) in [5, 5.41) is 8.88. The summed E-state index contributed by atoms with van der Waals surface area (Å²) in [5.74, 6) is 0.117. The first-order chi connectivity index (χ1) is 6.01. The predicted molar refractivity (Wildman–Crippen MR) is 48.7 cm³/mol. The van der Waals surface area contributed by atoms with Crippen LogP contribution in [0, 0.1) is 11.3 Å². The Morgan fingerprint density at radius 1 is 1.62 bits per heavy atom. The Hall–Kier alpha value is -1.08. The molecule has 0 aromatic heterocycles. The number of likely N-dealkylation sites (N-methyl/N-ethyl adjacent to an activating group) is 1.